The molecule has 0 saturated carbocycles. The molecule has 1 N–H and O–H groups in total. The second-order valence-corrected chi connectivity index (χ2v) is 2.83. The van der Waals surface area contributed by atoms with Crippen molar-refractivity contribution in [3.63, 3.8) is 0 Å². The summed E-state index contributed by atoms with van der Waals surface area (Å²) >= 11 is 0. The van der Waals surface area contributed by atoms with Crippen LogP contribution in [0.4, 0.5) is 0 Å². The van der Waals surface area contributed by atoms with Crippen LogP contribution in [0.25, 0.3) is 0 Å². The van der Waals surface area contributed by atoms with Crippen molar-refractivity contribution < 1.29 is 19.4 Å². The van der Waals surface area contributed by atoms with Crippen LogP contribution in [0.3, 0.4) is 0 Å². The number of aromatic hydroxyl groups is 1. The number of carbonyl (C=O) groups is 1. The molecule has 0 atom stereocenters. The molecule has 4 heteroatoms. The summed E-state index contributed by atoms with van der Waals surface area (Å²) in [6, 6.07) is 4.50. The molecular weight excluding hydrogens is 196 g/mol. The molecule has 82 valence electrons. The van der Waals surface area contributed by atoms with Crippen molar-refractivity contribution in [3.05, 3.63) is 23.8 Å². The maximum Gasteiger partial charge on any atom is 0.341 e. The van der Waals surface area contributed by atoms with Gasteiger partial charge in [-0.3, -0.25) is 0 Å². The molecule has 0 fully saturated rings. The molecule has 4 nitrogen and oxygen atoms in total. The summed E-state index contributed by atoms with van der Waals surface area (Å²) in [5.74, 6) is -0.125. The summed E-state index contributed by atoms with van der Waals surface area (Å²) < 4.78 is 9.94. The van der Waals surface area contributed by atoms with E-state index < -0.39 is 5.97 Å². The number of phenolic OH excluding ortho intramolecular Hbond substituents is 1. The number of benzene rings is 1. The zero-order chi connectivity index (χ0) is 11.3. The molecule has 1 rings (SSSR count). The molecule has 0 radical (unpaired) electrons. The van der Waals surface area contributed by atoms with Gasteiger partial charge in [0.2, 0.25) is 0 Å². The average Bonchev–Trinajstić information content (AvgIpc) is 2.18. The Hall–Kier alpha value is -1.71. The van der Waals surface area contributed by atoms with E-state index in [9.17, 15) is 9.90 Å². The van der Waals surface area contributed by atoms with Crippen molar-refractivity contribution in [2.24, 2.45) is 0 Å². The first kappa shape index (κ1) is 11.4. The lowest BCUT2D eigenvalue weighted by molar-refractivity contribution is 0.0523. The lowest BCUT2D eigenvalue weighted by Gasteiger charge is -2.07. The van der Waals surface area contributed by atoms with Crippen molar-refractivity contribution in [3.8, 4) is 11.5 Å². The van der Waals surface area contributed by atoms with E-state index >= 15 is 0 Å². The Bertz CT molecular complexity index is 346. The van der Waals surface area contributed by atoms with Crippen LogP contribution in [0.5, 0.6) is 11.5 Å². The standard InChI is InChI=1S/C11H14O4/c1-3-14-8-5-6-9(10(12)7-8)11(13)15-4-2/h5-7,12H,3-4H2,1-2H3. The maximum atomic E-state index is 11.3. The fourth-order valence-electron chi connectivity index (χ4n) is 1.15. The van der Waals surface area contributed by atoms with Crippen molar-refractivity contribution in [2.75, 3.05) is 13.2 Å². The molecule has 0 aliphatic heterocycles. The molecule has 0 aliphatic carbocycles. The number of phenols is 1. The highest BCUT2D eigenvalue weighted by atomic mass is 16.5. The lowest BCUT2D eigenvalue weighted by atomic mass is 10.2. The number of esters is 1. The van der Waals surface area contributed by atoms with E-state index in [2.05, 4.69) is 0 Å². The van der Waals surface area contributed by atoms with Gasteiger partial charge in [-0.25, -0.2) is 4.79 Å². The van der Waals surface area contributed by atoms with Crippen molar-refractivity contribution in [1.29, 1.82) is 0 Å². The molecule has 0 heterocycles. The average molecular weight is 210 g/mol. The van der Waals surface area contributed by atoms with Crippen molar-refractivity contribution in [1.82, 2.24) is 0 Å². The van der Waals surface area contributed by atoms with E-state index in [4.69, 9.17) is 9.47 Å². The second-order valence-electron chi connectivity index (χ2n) is 2.83. The number of hydrogen-bond donors (Lipinski definition) is 1. The van der Waals surface area contributed by atoms with Crippen LogP contribution in [-0.4, -0.2) is 24.3 Å². The van der Waals surface area contributed by atoms with Gasteiger partial charge in [0.15, 0.2) is 0 Å². The van der Waals surface area contributed by atoms with Crippen LogP contribution < -0.4 is 4.74 Å². The number of hydrogen-bond acceptors (Lipinski definition) is 4. The van der Waals surface area contributed by atoms with Gasteiger partial charge in [-0.2, -0.15) is 0 Å². The summed E-state index contributed by atoms with van der Waals surface area (Å²) in [7, 11) is 0. The Balaban J connectivity index is 2.87. The highest BCUT2D eigenvalue weighted by molar-refractivity contribution is 5.92. The highest BCUT2D eigenvalue weighted by Gasteiger charge is 2.12. The van der Waals surface area contributed by atoms with E-state index in [-0.39, 0.29) is 17.9 Å². The van der Waals surface area contributed by atoms with Gasteiger partial charge >= 0.3 is 5.97 Å². The maximum absolute atomic E-state index is 11.3. The Morgan fingerprint density at radius 2 is 2.07 bits per heavy atom. The molecule has 0 bridgehead atoms. The molecular formula is C11H14O4. The van der Waals surface area contributed by atoms with Gasteiger partial charge in [0.25, 0.3) is 0 Å². The zero-order valence-corrected chi connectivity index (χ0v) is 8.82. The van der Waals surface area contributed by atoms with Gasteiger partial charge in [0.05, 0.1) is 13.2 Å². The quantitative estimate of drug-likeness (QED) is 0.772. The minimum Gasteiger partial charge on any atom is -0.507 e. The predicted molar refractivity (Wildman–Crippen MR) is 55.2 cm³/mol. The van der Waals surface area contributed by atoms with E-state index in [1.165, 1.54) is 12.1 Å². The summed E-state index contributed by atoms with van der Waals surface area (Å²) in [5.41, 5.74) is 0.153. The molecule has 0 amide bonds. The van der Waals surface area contributed by atoms with Gasteiger partial charge in [0.1, 0.15) is 17.1 Å². The molecule has 0 aliphatic rings. The SMILES string of the molecule is CCOC(=O)c1ccc(OCC)cc1O. The second kappa shape index (κ2) is 5.24. The van der Waals surface area contributed by atoms with Crippen LogP contribution in [0.15, 0.2) is 18.2 Å². The zero-order valence-electron chi connectivity index (χ0n) is 8.82. The van der Waals surface area contributed by atoms with Crippen LogP contribution >= 0.6 is 0 Å². The Kier molecular flexibility index (Phi) is 3.97. The third-order valence-corrected chi connectivity index (χ3v) is 1.78. The van der Waals surface area contributed by atoms with E-state index in [0.717, 1.165) is 0 Å². The van der Waals surface area contributed by atoms with Gasteiger partial charge in [-0.05, 0) is 26.0 Å². The first-order valence-electron chi connectivity index (χ1n) is 4.82. The van der Waals surface area contributed by atoms with Crippen LogP contribution in [0.2, 0.25) is 0 Å². The molecule has 0 unspecified atom stereocenters. The number of carbonyl (C=O) groups excluding carboxylic acids is 1. The monoisotopic (exact) mass is 210 g/mol. The largest absolute Gasteiger partial charge is 0.507 e. The molecule has 15 heavy (non-hydrogen) atoms. The van der Waals surface area contributed by atoms with E-state index in [0.29, 0.717) is 12.4 Å². The van der Waals surface area contributed by atoms with Gasteiger partial charge in [-0.15, -0.1) is 0 Å². The Morgan fingerprint density at radius 1 is 1.33 bits per heavy atom. The highest BCUT2D eigenvalue weighted by Crippen LogP contribution is 2.24. The molecule has 0 spiro atoms. The minimum absolute atomic E-state index is 0.126. The molecule has 0 saturated heterocycles. The van der Waals surface area contributed by atoms with E-state index in [1.807, 2.05) is 6.92 Å². The Labute approximate surface area is 88.4 Å². The predicted octanol–water partition coefficient (Wildman–Crippen LogP) is 1.97. The summed E-state index contributed by atoms with van der Waals surface area (Å²) in [6.45, 7) is 4.35. The van der Waals surface area contributed by atoms with Crippen molar-refractivity contribution in [2.45, 2.75) is 13.8 Å². The van der Waals surface area contributed by atoms with Gasteiger partial charge < -0.3 is 14.6 Å². The smallest absolute Gasteiger partial charge is 0.341 e. The van der Waals surface area contributed by atoms with Crippen molar-refractivity contribution >= 4 is 5.97 Å². The normalized spacial score (nSPS) is 9.73. The summed E-state index contributed by atoms with van der Waals surface area (Å²) in [4.78, 5) is 11.3. The molecule has 1 aromatic carbocycles. The molecule has 1 aromatic rings. The van der Waals surface area contributed by atoms with Gasteiger partial charge in [0, 0.05) is 6.07 Å². The third-order valence-electron chi connectivity index (χ3n) is 1.78. The topological polar surface area (TPSA) is 55.8 Å². The Morgan fingerprint density at radius 3 is 2.60 bits per heavy atom. The summed E-state index contributed by atoms with van der Waals surface area (Å²) in [5, 5.41) is 9.53. The number of ether oxygens (including phenoxy) is 2. The van der Waals surface area contributed by atoms with Crippen LogP contribution in [0, 0.1) is 0 Å². The molecule has 0 aromatic heterocycles. The van der Waals surface area contributed by atoms with E-state index in [1.54, 1.807) is 13.0 Å². The fourth-order valence-corrected chi connectivity index (χ4v) is 1.15. The lowest BCUT2D eigenvalue weighted by Crippen LogP contribution is -2.05. The summed E-state index contributed by atoms with van der Waals surface area (Å²) in [6.07, 6.45) is 0. The van der Waals surface area contributed by atoms with Crippen LogP contribution in [0.1, 0.15) is 24.2 Å². The fraction of sp³-hybridized carbons (Fsp3) is 0.364. The first-order chi connectivity index (χ1) is 7.19. The van der Waals surface area contributed by atoms with Crippen LogP contribution in [-0.2, 0) is 4.74 Å². The minimum atomic E-state index is -0.530. The third kappa shape index (κ3) is 2.87. The van der Waals surface area contributed by atoms with Gasteiger partial charge in [-0.1, -0.05) is 0 Å². The first-order valence-corrected chi connectivity index (χ1v) is 4.82. The number of rotatable bonds is 4.